The van der Waals surface area contributed by atoms with E-state index in [1.807, 2.05) is 0 Å². The summed E-state index contributed by atoms with van der Waals surface area (Å²) in [5.41, 5.74) is 0.904. The van der Waals surface area contributed by atoms with E-state index in [-0.39, 0.29) is 12.3 Å². The number of ether oxygens (including phenoxy) is 1. The topological polar surface area (TPSA) is 46.6 Å². The van der Waals surface area contributed by atoms with Crippen molar-refractivity contribution >= 4 is 17.6 Å². The number of carbonyl (C=O) groups is 2. The molecule has 0 saturated carbocycles. The van der Waals surface area contributed by atoms with E-state index < -0.39 is 5.97 Å². The van der Waals surface area contributed by atoms with E-state index in [9.17, 15) is 9.59 Å². The number of anilines is 1. The molecular formula is C13H15NO3. The second kappa shape index (κ2) is 5.84. The van der Waals surface area contributed by atoms with Gasteiger partial charge in [0.15, 0.2) is 0 Å². The number of benzene rings is 1. The molecular weight excluding hydrogens is 218 g/mol. The fourth-order valence-electron chi connectivity index (χ4n) is 1.44. The minimum absolute atomic E-state index is 0.128. The Labute approximate surface area is 100 Å². The number of esters is 1. The highest BCUT2D eigenvalue weighted by molar-refractivity contribution is 6.02. The molecule has 4 nitrogen and oxygen atoms in total. The van der Waals surface area contributed by atoms with Crippen LogP contribution in [-0.2, 0) is 9.53 Å². The zero-order valence-electron chi connectivity index (χ0n) is 9.97. The molecule has 0 atom stereocenters. The van der Waals surface area contributed by atoms with Gasteiger partial charge in [0.1, 0.15) is 0 Å². The first-order chi connectivity index (χ1) is 8.11. The van der Waals surface area contributed by atoms with E-state index in [1.54, 1.807) is 31.3 Å². The van der Waals surface area contributed by atoms with Gasteiger partial charge in [-0.3, -0.25) is 4.79 Å². The molecule has 17 heavy (non-hydrogen) atoms. The minimum atomic E-state index is -0.459. The predicted octanol–water partition coefficient (Wildman–Crippen LogP) is 2.01. The number of hydrogen-bond acceptors (Lipinski definition) is 3. The van der Waals surface area contributed by atoms with Crippen molar-refractivity contribution in [2.24, 2.45) is 0 Å². The third kappa shape index (κ3) is 2.93. The predicted molar refractivity (Wildman–Crippen MR) is 66.0 cm³/mol. The lowest BCUT2D eigenvalue weighted by atomic mass is 10.1. The van der Waals surface area contributed by atoms with Gasteiger partial charge in [0, 0.05) is 13.5 Å². The van der Waals surface area contributed by atoms with Crippen molar-refractivity contribution in [1.29, 1.82) is 0 Å². The maximum Gasteiger partial charge on any atom is 0.339 e. The van der Waals surface area contributed by atoms with Crippen LogP contribution in [0.5, 0.6) is 0 Å². The van der Waals surface area contributed by atoms with Gasteiger partial charge in [0.25, 0.3) is 0 Å². The molecule has 0 aromatic heterocycles. The van der Waals surface area contributed by atoms with Crippen LogP contribution < -0.4 is 4.90 Å². The van der Waals surface area contributed by atoms with Gasteiger partial charge in [-0.05, 0) is 12.1 Å². The number of carbonyl (C=O) groups excluding carboxylic acids is 2. The van der Waals surface area contributed by atoms with Crippen LogP contribution in [0.3, 0.4) is 0 Å². The van der Waals surface area contributed by atoms with Crippen molar-refractivity contribution < 1.29 is 14.3 Å². The van der Waals surface area contributed by atoms with Gasteiger partial charge in [-0.15, -0.1) is 6.58 Å². The summed E-state index contributed by atoms with van der Waals surface area (Å²) < 4.78 is 4.67. The van der Waals surface area contributed by atoms with E-state index in [2.05, 4.69) is 11.3 Å². The Morgan fingerprint density at radius 2 is 2.06 bits per heavy atom. The van der Waals surface area contributed by atoms with Gasteiger partial charge >= 0.3 is 5.97 Å². The van der Waals surface area contributed by atoms with E-state index in [1.165, 1.54) is 18.1 Å². The minimum Gasteiger partial charge on any atom is -0.465 e. The Kier molecular flexibility index (Phi) is 4.46. The summed E-state index contributed by atoms with van der Waals surface area (Å²) in [6, 6.07) is 6.81. The quantitative estimate of drug-likeness (QED) is 0.590. The molecule has 90 valence electrons. The fraction of sp³-hybridized carbons (Fsp3) is 0.231. The number of nitrogens with zero attached hydrogens (tertiary/aromatic N) is 1. The average molecular weight is 233 g/mol. The highest BCUT2D eigenvalue weighted by Gasteiger charge is 2.17. The summed E-state index contributed by atoms with van der Waals surface area (Å²) in [5.74, 6) is -0.588. The molecule has 0 heterocycles. The third-order valence-electron chi connectivity index (χ3n) is 2.36. The maximum absolute atomic E-state index is 11.7. The lowest BCUT2D eigenvalue weighted by molar-refractivity contribution is -0.117. The van der Waals surface area contributed by atoms with Crippen LogP contribution in [0.1, 0.15) is 16.8 Å². The monoisotopic (exact) mass is 233 g/mol. The normalized spacial score (nSPS) is 9.53. The number of hydrogen-bond donors (Lipinski definition) is 0. The molecule has 0 bridgehead atoms. The highest BCUT2D eigenvalue weighted by atomic mass is 16.5. The van der Waals surface area contributed by atoms with Crippen molar-refractivity contribution in [3.8, 4) is 0 Å². The van der Waals surface area contributed by atoms with Gasteiger partial charge in [0.05, 0.1) is 18.4 Å². The third-order valence-corrected chi connectivity index (χ3v) is 2.36. The highest BCUT2D eigenvalue weighted by Crippen LogP contribution is 2.20. The average Bonchev–Trinajstić information content (AvgIpc) is 2.37. The summed E-state index contributed by atoms with van der Waals surface area (Å²) in [4.78, 5) is 24.7. The SMILES string of the molecule is C=CCC(=O)N(C)c1ccccc1C(=O)OC. The second-order valence-electron chi connectivity index (χ2n) is 3.45. The number of para-hydroxylation sites is 1. The van der Waals surface area contributed by atoms with Crippen LogP contribution in [-0.4, -0.2) is 26.0 Å². The lowest BCUT2D eigenvalue weighted by Crippen LogP contribution is -2.27. The standard InChI is InChI=1S/C13H15NO3/c1-4-7-12(15)14(2)11-9-6-5-8-10(11)13(16)17-3/h4-6,8-9H,1,7H2,2-3H3. The summed E-state index contributed by atoms with van der Waals surface area (Å²) in [6.45, 7) is 3.51. The van der Waals surface area contributed by atoms with Gasteiger partial charge < -0.3 is 9.64 Å². The van der Waals surface area contributed by atoms with Crippen molar-refractivity contribution in [1.82, 2.24) is 0 Å². The summed E-state index contributed by atoms with van der Waals surface area (Å²) in [7, 11) is 2.93. The summed E-state index contributed by atoms with van der Waals surface area (Å²) in [6.07, 6.45) is 1.76. The zero-order valence-corrected chi connectivity index (χ0v) is 9.97. The van der Waals surface area contributed by atoms with Gasteiger partial charge in [-0.2, -0.15) is 0 Å². The van der Waals surface area contributed by atoms with E-state index in [0.29, 0.717) is 11.3 Å². The van der Waals surface area contributed by atoms with Crippen LogP contribution in [0.15, 0.2) is 36.9 Å². The van der Waals surface area contributed by atoms with Crippen LogP contribution >= 0.6 is 0 Å². The molecule has 4 heteroatoms. The molecule has 1 amide bonds. The van der Waals surface area contributed by atoms with E-state index >= 15 is 0 Å². The summed E-state index contributed by atoms with van der Waals surface area (Å²) >= 11 is 0. The maximum atomic E-state index is 11.7. The lowest BCUT2D eigenvalue weighted by Gasteiger charge is -2.19. The number of amides is 1. The van der Waals surface area contributed by atoms with E-state index in [4.69, 9.17) is 0 Å². The Hall–Kier alpha value is -2.10. The molecule has 1 aromatic carbocycles. The van der Waals surface area contributed by atoms with Crippen LogP contribution in [0.2, 0.25) is 0 Å². The van der Waals surface area contributed by atoms with Crippen molar-refractivity contribution in [3.05, 3.63) is 42.5 Å². The molecule has 0 radical (unpaired) electrons. The first kappa shape index (κ1) is 13.0. The Morgan fingerprint density at radius 1 is 1.41 bits per heavy atom. The second-order valence-corrected chi connectivity index (χ2v) is 3.45. The fourth-order valence-corrected chi connectivity index (χ4v) is 1.44. The smallest absolute Gasteiger partial charge is 0.339 e. The van der Waals surface area contributed by atoms with Gasteiger partial charge in [0.2, 0.25) is 5.91 Å². The van der Waals surface area contributed by atoms with Crippen molar-refractivity contribution in [2.75, 3.05) is 19.1 Å². The largest absolute Gasteiger partial charge is 0.465 e. The molecule has 0 unspecified atom stereocenters. The Bertz CT molecular complexity index is 440. The zero-order chi connectivity index (χ0) is 12.8. The molecule has 0 saturated heterocycles. The molecule has 1 aromatic rings. The molecule has 0 aliphatic heterocycles. The summed E-state index contributed by atoms with van der Waals surface area (Å²) in [5, 5.41) is 0. The molecule has 0 aliphatic carbocycles. The van der Waals surface area contributed by atoms with Gasteiger partial charge in [-0.1, -0.05) is 18.2 Å². The molecule has 0 aliphatic rings. The molecule has 0 N–H and O–H groups in total. The molecule has 0 fully saturated rings. The molecule has 0 spiro atoms. The van der Waals surface area contributed by atoms with Crippen molar-refractivity contribution in [3.63, 3.8) is 0 Å². The first-order valence-electron chi connectivity index (χ1n) is 5.16. The number of methoxy groups -OCH3 is 1. The van der Waals surface area contributed by atoms with Crippen LogP contribution in [0, 0.1) is 0 Å². The Balaban J connectivity index is 3.08. The van der Waals surface area contributed by atoms with Crippen LogP contribution in [0.25, 0.3) is 0 Å². The van der Waals surface area contributed by atoms with E-state index in [0.717, 1.165) is 0 Å². The van der Waals surface area contributed by atoms with Crippen molar-refractivity contribution in [2.45, 2.75) is 6.42 Å². The van der Waals surface area contributed by atoms with Gasteiger partial charge in [-0.25, -0.2) is 4.79 Å². The Morgan fingerprint density at radius 3 is 2.65 bits per heavy atom. The molecule has 1 rings (SSSR count). The first-order valence-corrected chi connectivity index (χ1v) is 5.16. The van der Waals surface area contributed by atoms with Crippen LogP contribution in [0.4, 0.5) is 5.69 Å². The number of rotatable bonds is 4.